The van der Waals surface area contributed by atoms with E-state index >= 15 is 0 Å². The quantitative estimate of drug-likeness (QED) is 0.564. The summed E-state index contributed by atoms with van der Waals surface area (Å²) in [6.45, 7) is 4.25. The normalized spacial score (nSPS) is 11.6. The summed E-state index contributed by atoms with van der Waals surface area (Å²) in [4.78, 5) is 11.3. The van der Waals surface area contributed by atoms with E-state index in [1.807, 2.05) is 13.8 Å². The van der Waals surface area contributed by atoms with Crippen molar-refractivity contribution in [2.24, 2.45) is 0 Å². The molecule has 118 valence electrons. The summed E-state index contributed by atoms with van der Waals surface area (Å²) in [6.07, 6.45) is 1.49. The molecule has 7 heteroatoms. The number of hydroxylamine groups is 1. The molecule has 0 aliphatic heterocycles. The highest BCUT2D eigenvalue weighted by Crippen LogP contribution is 2.17. The number of benzene rings is 1. The highest BCUT2D eigenvalue weighted by atomic mass is 32.2. The molecule has 2 N–H and O–H groups in total. The largest absolute Gasteiger partial charge is 0.289 e. The second kappa shape index (κ2) is 8.11. The van der Waals surface area contributed by atoms with E-state index in [0.29, 0.717) is 13.0 Å². The lowest BCUT2D eigenvalue weighted by molar-refractivity contribution is -0.129. The van der Waals surface area contributed by atoms with Crippen molar-refractivity contribution in [1.82, 2.24) is 9.79 Å². The van der Waals surface area contributed by atoms with E-state index in [9.17, 15) is 13.2 Å². The minimum absolute atomic E-state index is 0.0442. The monoisotopic (exact) mass is 314 g/mol. The first kappa shape index (κ1) is 17.6. The maximum atomic E-state index is 12.6. The van der Waals surface area contributed by atoms with Crippen molar-refractivity contribution in [2.75, 3.05) is 13.1 Å². The average molecular weight is 314 g/mol. The average Bonchev–Trinajstić information content (AvgIpc) is 2.47. The zero-order valence-electron chi connectivity index (χ0n) is 12.4. The van der Waals surface area contributed by atoms with Gasteiger partial charge in [-0.2, -0.15) is 4.31 Å². The first-order valence-corrected chi connectivity index (χ1v) is 8.35. The van der Waals surface area contributed by atoms with Crippen molar-refractivity contribution in [3.8, 4) is 0 Å². The van der Waals surface area contributed by atoms with Gasteiger partial charge in [0.05, 0.1) is 4.90 Å². The third-order valence-electron chi connectivity index (χ3n) is 3.13. The van der Waals surface area contributed by atoms with Crippen molar-refractivity contribution < 1.29 is 18.4 Å². The number of rotatable bonds is 8. The van der Waals surface area contributed by atoms with Crippen LogP contribution in [-0.2, 0) is 14.8 Å². The molecule has 0 heterocycles. The Balaban J connectivity index is 2.93. The van der Waals surface area contributed by atoms with Crippen LogP contribution in [0.4, 0.5) is 0 Å². The summed E-state index contributed by atoms with van der Waals surface area (Å²) in [5, 5.41) is 8.51. The van der Waals surface area contributed by atoms with Crippen molar-refractivity contribution in [3.63, 3.8) is 0 Å². The number of carbonyl (C=O) groups is 1. The van der Waals surface area contributed by atoms with E-state index in [4.69, 9.17) is 5.21 Å². The van der Waals surface area contributed by atoms with Gasteiger partial charge in [0.25, 0.3) is 0 Å². The van der Waals surface area contributed by atoms with Gasteiger partial charge in [0.1, 0.15) is 0 Å². The zero-order chi connectivity index (χ0) is 15.9. The molecule has 0 spiro atoms. The molecular formula is C14H22N2O4S. The summed E-state index contributed by atoms with van der Waals surface area (Å²) in [7, 11) is -3.62. The van der Waals surface area contributed by atoms with Crippen molar-refractivity contribution in [1.29, 1.82) is 0 Å². The lowest BCUT2D eigenvalue weighted by Gasteiger charge is -2.21. The van der Waals surface area contributed by atoms with Gasteiger partial charge in [0.2, 0.25) is 15.9 Å². The summed E-state index contributed by atoms with van der Waals surface area (Å²) >= 11 is 0. The van der Waals surface area contributed by atoms with E-state index < -0.39 is 15.9 Å². The minimum atomic E-state index is -3.62. The molecule has 1 aromatic carbocycles. The van der Waals surface area contributed by atoms with Gasteiger partial charge in [-0.05, 0) is 25.5 Å². The predicted molar refractivity (Wildman–Crippen MR) is 79.4 cm³/mol. The molecule has 0 saturated heterocycles. The first-order valence-electron chi connectivity index (χ1n) is 6.91. The number of nitrogens with zero attached hydrogens (tertiary/aromatic N) is 1. The number of hydrogen-bond donors (Lipinski definition) is 2. The third kappa shape index (κ3) is 5.11. The lowest BCUT2D eigenvalue weighted by Crippen LogP contribution is -2.35. The fourth-order valence-corrected chi connectivity index (χ4v) is 3.31. The molecule has 21 heavy (non-hydrogen) atoms. The zero-order valence-corrected chi connectivity index (χ0v) is 13.2. The van der Waals surface area contributed by atoms with Crippen LogP contribution in [0, 0.1) is 6.92 Å². The van der Waals surface area contributed by atoms with E-state index in [-0.39, 0.29) is 17.9 Å². The SMILES string of the molecule is CCCCN(CCC(=O)NO)S(=O)(=O)c1ccc(C)cc1. The van der Waals surface area contributed by atoms with Crippen LogP contribution in [0.15, 0.2) is 29.2 Å². The van der Waals surface area contributed by atoms with Gasteiger partial charge < -0.3 is 0 Å². The summed E-state index contributed by atoms with van der Waals surface area (Å²) < 4.78 is 26.5. The molecule has 1 amide bonds. The Labute approximate surface area is 125 Å². The molecule has 0 saturated carbocycles. The Bertz CT molecular complexity index is 555. The van der Waals surface area contributed by atoms with E-state index in [1.165, 1.54) is 9.79 Å². The highest BCUT2D eigenvalue weighted by Gasteiger charge is 2.24. The molecule has 0 unspecified atom stereocenters. The third-order valence-corrected chi connectivity index (χ3v) is 5.05. The van der Waals surface area contributed by atoms with Gasteiger partial charge >= 0.3 is 0 Å². The number of carbonyl (C=O) groups excluding carboxylic acids is 1. The van der Waals surface area contributed by atoms with Crippen LogP contribution < -0.4 is 5.48 Å². The summed E-state index contributed by atoms with van der Waals surface area (Å²) in [6, 6.07) is 6.61. The van der Waals surface area contributed by atoms with Crippen LogP contribution in [0.1, 0.15) is 31.7 Å². The van der Waals surface area contributed by atoms with Gasteiger partial charge in [-0.1, -0.05) is 31.0 Å². The molecule has 0 radical (unpaired) electrons. The van der Waals surface area contributed by atoms with Gasteiger partial charge in [0.15, 0.2) is 0 Å². The maximum absolute atomic E-state index is 12.6. The Morgan fingerprint density at radius 3 is 2.38 bits per heavy atom. The Morgan fingerprint density at radius 2 is 1.86 bits per heavy atom. The van der Waals surface area contributed by atoms with Crippen molar-refractivity contribution in [2.45, 2.75) is 38.0 Å². The van der Waals surface area contributed by atoms with Crippen LogP contribution in [0.2, 0.25) is 0 Å². The Morgan fingerprint density at radius 1 is 1.24 bits per heavy atom. The molecule has 1 aromatic rings. The van der Waals surface area contributed by atoms with Crippen LogP contribution in [-0.4, -0.2) is 36.9 Å². The molecule has 0 aromatic heterocycles. The number of hydrogen-bond acceptors (Lipinski definition) is 4. The maximum Gasteiger partial charge on any atom is 0.244 e. The molecule has 0 aliphatic rings. The summed E-state index contributed by atoms with van der Waals surface area (Å²) in [5.41, 5.74) is 2.49. The molecule has 6 nitrogen and oxygen atoms in total. The fourth-order valence-electron chi connectivity index (χ4n) is 1.83. The number of aryl methyl sites for hydroxylation is 1. The lowest BCUT2D eigenvalue weighted by atomic mass is 10.2. The smallest absolute Gasteiger partial charge is 0.244 e. The van der Waals surface area contributed by atoms with E-state index in [0.717, 1.165) is 12.0 Å². The van der Waals surface area contributed by atoms with Crippen molar-refractivity contribution >= 4 is 15.9 Å². The molecule has 1 rings (SSSR count). The Hall–Kier alpha value is -1.44. The minimum Gasteiger partial charge on any atom is -0.289 e. The van der Waals surface area contributed by atoms with Crippen LogP contribution in [0.3, 0.4) is 0 Å². The number of sulfonamides is 1. The summed E-state index contributed by atoms with van der Waals surface area (Å²) in [5.74, 6) is -0.601. The van der Waals surface area contributed by atoms with Crippen molar-refractivity contribution in [3.05, 3.63) is 29.8 Å². The number of nitrogens with one attached hydrogen (secondary N) is 1. The molecule has 0 aliphatic carbocycles. The molecule has 0 fully saturated rings. The second-order valence-electron chi connectivity index (χ2n) is 4.86. The van der Waals surface area contributed by atoms with Crippen LogP contribution in [0.25, 0.3) is 0 Å². The first-order chi connectivity index (χ1) is 9.91. The predicted octanol–water partition coefficient (Wildman–Crippen LogP) is 1.68. The van der Waals surface area contributed by atoms with Gasteiger partial charge in [0, 0.05) is 19.5 Å². The van der Waals surface area contributed by atoms with Gasteiger partial charge in [-0.15, -0.1) is 0 Å². The van der Waals surface area contributed by atoms with E-state index in [2.05, 4.69) is 0 Å². The van der Waals surface area contributed by atoms with Gasteiger partial charge in [-0.3, -0.25) is 10.0 Å². The van der Waals surface area contributed by atoms with Gasteiger partial charge in [-0.25, -0.2) is 13.9 Å². The topological polar surface area (TPSA) is 86.7 Å². The molecule has 0 bridgehead atoms. The fraction of sp³-hybridized carbons (Fsp3) is 0.500. The molecular weight excluding hydrogens is 292 g/mol. The Kier molecular flexibility index (Phi) is 6.80. The number of unbranched alkanes of at least 4 members (excludes halogenated alkanes) is 1. The highest BCUT2D eigenvalue weighted by molar-refractivity contribution is 7.89. The van der Waals surface area contributed by atoms with Crippen LogP contribution >= 0.6 is 0 Å². The number of amides is 1. The van der Waals surface area contributed by atoms with E-state index in [1.54, 1.807) is 24.3 Å². The van der Waals surface area contributed by atoms with Crippen LogP contribution in [0.5, 0.6) is 0 Å². The standard InChI is InChI=1S/C14H22N2O4S/c1-3-4-10-16(11-9-14(17)15-18)21(19,20)13-7-5-12(2)6-8-13/h5-8,18H,3-4,9-11H2,1-2H3,(H,15,17). The molecule has 0 atom stereocenters. The second-order valence-corrected chi connectivity index (χ2v) is 6.79.